The molecular formula is C17H16Cl2O2. The predicted octanol–water partition coefficient (Wildman–Crippen LogP) is 4.77. The number of halogens is 2. The Kier molecular flexibility index (Phi) is 4.27. The first-order valence-electron chi connectivity index (χ1n) is 6.89. The second-order valence-corrected chi connectivity index (χ2v) is 5.94. The number of aryl methyl sites for hydroxylation is 1. The van der Waals surface area contributed by atoms with Crippen LogP contribution in [-0.2, 0) is 12.3 Å². The molecule has 2 aromatic rings. The molecule has 0 saturated heterocycles. The largest absolute Gasteiger partial charge is 0.488 e. The Hall–Kier alpha value is -1.38. The first kappa shape index (κ1) is 14.6. The highest BCUT2D eigenvalue weighted by molar-refractivity contribution is 6.32. The van der Waals surface area contributed by atoms with E-state index in [1.807, 2.05) is 24.3 Å². The molecule has 0 radical (unpaired) electrons. The lowest BCUT2D eigenvalue weighted by Gasteiger charge is -2.13. The Labute approximate surface area is 134 Å². The van der Waals surface area contributed by atoms with Crippen molar-refractivity contribution in [3.8, 4) is 11.5 Å². The van der Waals surface area contributed by atoms with Crippen LogP contribution >= 0.6 is 23.2 Å². The molecule has 0 bridgehead atoms. The van der Waals surface area contributed by atoms with Crippen LogP contribution in [0.2, 0.25) is 5.02 Å². The molecule has 0 aromatic heterocycles. The van der Waals surface area contributed by atoms with E-state index in [0.717, 1.165) is 17.7 Å². The van der Waals surface area contributed by atoms with Gasteiger partial charge in [0.2, 0.25) is 0 Å². The van der Waals surface area contributed by atoms with Crippen LogP contribution in [0.15, 0.2) is 36.4 Å². The molecule has 110 valence electrons. The summed E-state index contributed by atoms with van der Waals surface area (Å²) < 4.78 is 11.7. The fraction of sp³-hybridized carbons (Fsp3) is 0.294. The zero-order chi connectivity index (χ0) is 14.8. The van der Waals surface area contributed by atoms with Crippen LogP contribution in [0.1, 0.15) is 16.7 Å². The highest BCUT2D eigenvalue weighted by Crippen LogP contribution is 2.31. The van der Waals surface area contributed by atoms with Crippen molar-refractivity contribution in [2.24, 2.45) is 0 Å². The number of ether oxygens (including phenoxy) is 2. The summed E-state index contributed by atoms with van der Waals surface area (Å²) in [5.74, 6) is 2.07. The van der Waals surface area contributed by atoms with E-state index < -0.39 is 0 Å². The van der Waals surface area contributed by atoms with Crippen LogP contribution < -0.4 is 9.47 Å². The maximum absolute atomic E-state index is 6.18. The van der Waals surface area contributed by atoms with Gasteiger partial charge in [-0.2, -0.15) is 0 Å². The maximum atomic E-state index is 6.18. The van der Waals surface area contributed by atoms with Crippen molar-refractivity contribution in [2.45, 2.75) is 25.3 Å². The number of fused-ring (bicyclic) bond motifs is 1. The van der Waals surface area contributed by atoms with Crippen LogP contribution in [0.3, 0.4) is 0 Å². The van der Waals surface area contributed by atoms with Gasteiger partial charge in [0.25, 0.3) is 0 Å². The van der Waals surface area contributed by atoms with Gasteiger partial charge in [-0.25, -0.2) is 0 Å². The first-order chi connectivity index (χ1) is 10.2. The molecule has 0 aliphatic carbocycles. The van der Waals surface area contributed by atoms with Crippen molar-refractivity contribution in [1.82, 2.24) is 0 Å². The van der Waals surface area contributed by atoms with Crippen LogP contribution in [0.4, 0.5) is 0 Å². The first-order valence-corrected chi connectivity index (χ1v) is 7.80. The van der Waals surface area contributed by atoms with E-state index in [-0.39, 0.29) is 6.10 Å². The Balaban J connectivity index is 1.62. The summed E-state index contributed by atoms with van der Waals surface area (Å²) in [6.45, 7) is 2.57. The Morgan fingerprint density at radius 1 is 1.24 bits per heavy atom. The van der Waals surface area contributed by atoms with Gasteiger partial charge in [-0.05, 0) is 36.2 Å². The van der Waals surface area contributed by atoms with E-state index in [1.165, 1.54) is 11.1 Å². The van der Waals surface area contributed by atoms with Crippen LogP contribution in [0.5, 0.6) is 11.5 Å². The van der Waals surface area contributed by atoms with Crippen LogP contribution in [-0.4, -0.2) is 12.7 Å². The van der Waals surface area contributed by atoms with Gasteiger partial charge in [0, 0.05) is 12.3 Å². The van der Waals surface area contributed by atoms with Gasteiger partial charge in [0.05, 0.1) is 5.02 Å². The lowest BCUT2D eigenvalue weighted by molar-refractivity contribution is 0.148. The fourth-order valence-electron chi connectivity index (χ4n) is 2.47. The third-order valence-corrected chi connectivity index (χ3v) is 4.14. The molecule has 0 amide bonds. The van der Waals surface area contributed by atoms with Crippen molar-refractivity contribution < 1.29 is 9.47 Å². The highest BCUT2D eigenvalue weighted by atomic mass is 35.5. The summed E-state index contributed by atoms with van der Waals surface area (Å²) >= 11 is 12.0. The van der Waals surface area contributed by atoms with Crippen molar-refractivity contribution in [2.75, 3.05) is 6.61 Å². The molecule has 3 rings (SSSR count). The Morgan fingerprint density at radius 3 is 2.86 bits per heavy atom. The predicted molar refractivity (Wildman–Crippen MR) is 85.8 cm³/mol. The third kappa shape index (κ3) is 3.28. The van der Waals surface area contributed by atoms with E-state index in [4.69, 9.17) is 32.7 Å². The second-order valence-electron chi connectivity index (χ2n) is 5.26. The summed E-state index contributed by atoms with van der Waals surface area (Å²) in [4.78, 5) is 0. The van der Waals surface area contributed by atoms with E-state index in [9.17, 15) is 0 Å². The monoisotopic (exact) mass is 322 g/mol. The molecule has 1 heterocycles. The summed E-state index contributed by atoms with van der Waals surface area (Å²) in [6.07, 6.45) is 0.902. The molecule has 0 fully saturated rings. The molecule has 2 aromatic carbocycles. The average Bonchev–Trinajstić information content (AvgIpc) is 2.87. The number of alkyl halides is 1. The molecule has 2 nitrogen and oxygen atoms in total. The molecule has 0 N–H and O–H groups in total. The third-order valence-electron chi connectivity index (χ3n) is 3.53. The average molecular weight is 323 g/mol. The molecule has 1 aliphatic rings. The zero-order valence-electron chi connectivity index (χ0n) is 11.7. The van der Waals surface area contributed by atoms with Gasteiger partial charge >= 0.3 is 0 Å². The van der Waals surface area contributed by atoms with E-state index >= 15 is 0 Å². The topological polar surface area (TPSA) is 18.5 Å². The number of hydrogen-bond acceptors (Lipinski definition) is 2. The normalized spacial score (nSPS) is 16.4. The van der Waals surface area contributed by atoms with E-state index in [0.29, 0.717) is 23.3 Å². The van der Waals surface area contributed by atoms with Crippen molar-refractivity contribution in [3.63, 3.8) is 0 Å². The standard InChI is InChI=1S/C17H16Cl2O2/c1-11-2-4-16-13(6-11)8-14(21-16)10-20-17-5-3-12(9-18)7-15(17)19/h2-7,14H,8-10H2,1H3. The molecule has 4 heteroatoms. The minimum atomic E-state index is 0.0329. The van der Waals surface area contributed by atoms with E-state index in [1.54, 1.807) is 0 Å². The Bertz CT molecular complexity index is 655. The molecule has 1 unspecified atom stereocenters. The quantitative estimate of drug-likeness (QED) is 0.755. The zero-order valence-corrected chi connectivity index (χ0v) is 13.2. The van der Waals surface area contributed by atoms with Gasteiger partial charge in [-0.15, -0.1) is 11.6 Å². The molecule has 0 saturated carbocycles. The minimum Gasteiger partial charge on any atom is -0.488 e. The number of hydrogen-bond donors (Lipinski definition) is 0. The summed E-state index contributed by atoms with van der Waals surface area (Å²) in [6, 6.07) is 11.8. The van der Waals surface area contributed by atoms with Gasteiger partial charge in [0.1, 0.15) is 24.2 Å². The van der Waals surface area contributed by atoms with Gasteiger partial charge in [-0.3, -0.25) is 0 Å². The van der Waals surface area contributed by atoms with Crippen molar-refractivity contribution in [1.29, 1.82) is 0 Å². The maximum Gasteiger partial charge on any atom is 0.138 e. The second kappa shape index (κ2) is 6.17. The molecule has 1 aliphatic heterocycles. The van der Waals surface area contributed by atoms with Gasteiger partial charge < -0.3 is 9.47 Å². The number of benzene rings is 2. The minimum absolute atomic E-state index is 0.0329. The Morgan fingerprint density at radius 2 is 2.10 bits per heavy atom. The summed E-state index contributed by atoms with van der Waals surface area (Å²) in [7, 11) is 0. The van der Waals surface area contributed by atoms with Crippen LogP contribution in [0, 0.1) is 6.92 Å². The lowest BCUT2D eigenvalue weighted by atomic mass is 10.1. The van der Waals surface area contributed by atoms with Crippen molar-refractivity contribution >= 4 is 23.2 Å². The SMILES string of the molecule is Cc1ccc2c(c1)CC(COc1ccc(CCl)cc1Cl)O2. The summed E-state index contributed by atoms with van der Waals surface area (Å²) in [5, 5.41) is 0.583. The van der Waals surface area contributed by atoms with Gasteiger partial charge in [-0.1, -0.05) is 35.4 Å². The lowest BCUT2D eigenvalue weighted by Crippen LogP contribution is -2.22. The summed E-state index contributed by atoms with van der Waals surface area (Å²) in [5.41, 5.74) is 3.47. The number of rotatable bonds is 4. The van der Waals surface area contributed by atoms with E-state index in [2.05, 4.69) is 19.1 Å². The van der Waals surface area contributed by atoms with Crippen LogP contribution in [0.25, 0.3) is 0 Å². The highest BCUT2D eigenvalue weighted by Gasteiger charge is 2.23. The molecule has 1 atom stereocenters. The van der Waals surface area contributed by atoms with Gasteiger partial charge in [0.15, 0.2) is 0 Å². The smallest absolute Gasteiger partial charge is 0.138 e. The van der Waals surface area contributed by atoms with Crippen molar-refractivity contribution in [3.05, 3.63) is 58.1 Å². The molecule has 21 heavy (non-hydrogen) atoms. The fourth-order valence-corrected chi connectivity index (χ4v) is 2.89. The molecular weight excluding hydrogens is 307 g/mol. The molecule has 0 spiro atoms.